The van der Waals surface area contributed by atoms with Gasteiger partial charge >= 0.3 is 0 Å². The minimum absolute atomic E-state index is 0.0834. The van der Waals surface area contributed by atoms with E-state index in [0.29, 0.717) is 6.54 Å². The first-order valence-electron chi connectivity index (χ1n) is 6.48. The number of hydrogen-bond donors (Lipinski definition) is 3. The lowest BCUT2D eigenvalue weighted by Crippen LogP contribution is -2.41. The molecule has 1 unspecified atom stereocenters. The van der Waals surface area contributed by atoms with Crippen LogP contribution in [-0.2, 0) is 21.4 Å². The van der Waals surface area contributed by atoms with Gasteiger partial charge in [0.05, 0.1) is 12.2 Å². The Balaban J connectivity index is 1.91. The third kappa shape index (κ3) is 4.03. The molecule has 2 rings (SSSR count). The molecule has 6 nitrogen and oxygen atoms in total. The number of rotatable bonds is 5. The van der Waals surface area contributed by atoms with Crippen LogP contribution in [-0.4, -0.2) is 40.2 Å². The molecule has 1 aliphatic heterocycles. The molecule has 0 radical (unpaired) electrons. The maximum Gasteiger partial charge on any atom is 0.228 e. The van der Waals surface area contributed by atoms with E-state index in [1.54, 1.807) is 0 Å². The van der Waals surface area contributed by atoms with E-state index in [1.165, 1.54) is 0 Å². The van der Waals surface area contributed by atoms with Gasteiger partial charge in [-0.2, -0.15) is 0 Å². The molecule has 0 saturated carbocycles. The molecule has 0 saturated heterocycles. The van der Waals surface area contributed by atoms with E-state index in [-0.39, 0.29) is 24.9 Å². The molecule has 0 spiro atoms. The molecule has 1 aliphatic rings. The summed E-state index contributed by atoms with van der Waals surface area (Å²) in [4.78, 5) is 12.2. The minimum atomic E-state index is -3.21. The standard InChI is InChI=1S/C13H19N3O3S/c1-20(18,19)16-7-6-15-13(17)12-9-14-8-10-4-2-3-5-11(10)12/h2-5,12,14,16H,6-9H2,1H3,(H,15,17). The minimum Gasteiger partial charge on any atom is -0.354 e. The first-order valence-corrected chi connectivity index (χ1v) is 8.37. The van der Waals surface area contributed by atoms with Crippen LogP contribution in [0.4, 0.5) is 0 Å². The summed E-state index contributed by atoms with van der Waals surface area (Å²) in [6.45, 7) is 1.86. The Morgan fingerprint density at radius 2 is 2.10 bits per heavy atom. The van der Waals surface area contributed by atoms with Gasteiger partial charge in [0.15, 0.2) is 0 Å². The summed E-state index contributed by atoms with van der Waals surface area (Å²) >= 11 is 0. The molecule has 0 bridgehead atoms. The van der Waals surface area contributed by atoms with Gasteiger partial charge in [-0.25, -0.2) is 13.1 Å². The predicted molar refractivity (Wildman–Crippen MR) is 76.7 cm³/mol. The number of benzene rings is 1. The Hall–Kier alpha value is -1.44. The Morgan fingerprint density at radius 3 is 2.85 bits per heavy atom. The molecular weight excluding hydrogens is 278 g/mol. The average molecular weight is 297 g/mol. The van der Waals surface area contributed by atoms with Crippen molar-refractivity contribution in [1.29, 1.82) is 0 Å². The number of carbonyl (C=O) groups excluding carboxylic acids is 1. The van der Waals surface area contributed by atoms with Gasteiger partial charge < -0.3 is 10.6 Å². The highest BCUT2D eigenvalue weighted by Crippen LogP contribution is 2.23. The van der Waals surface area contributed by atoms with Crippen LogP contribution in [0, 0.1) is 0 Å². The fourth-order valence-electron chi connectivity index (χ4n) is 2.28. The quantitative estimate of drug-likeness (QED) is 0.642. The van der Waals surface area contributed by atoms with Crippen LogP contribution in [0.1, 0.15) is 17.0 Å². The molecule has 7 heteroatoms. The number of carbonyl (C=O) groups is 1. The fraction of sp³-hybridized carbons (Fsp3) is 0.462. The van der Waals surface area contributed by atoms with E-state index in [9.17, 15) is 13.2 Å². The lowest BCUT2D eigenvalue weighted by Gasteiger charge is -2.25. The Kier molecular flexibility index (Phi) is 4.74. The van der Waals surface area contributed by atoms with Crippen molar-refractivity contribution >= 4 is 15.9 Å². The topological polar surface area (TPSA) is 87.3 Å². The Bertz CT molecular complexity index is 586. The van der Waals surface area contributed by atoms with Crippen LogP contribution in [0.3, 0.4) is 0 Å². The summed E-state index contributed by atoms with van der Waals surface area (Å²) in [6.07, 6.45) is 1.09. The summed E-state index contributed by atoms with van der Waals surface area (Å²) in [7, 11) is -3.21. The van der Waals surface area contributed by atoms with Crippen molar-refractivity contribution < 1.29 is 13.2 Å². The zero-order chi connectivity index (χ0) is 14.6. The molecule has 1 aromatic carbocycles. The molecular formula is C13H19N3O3S. The molecule has 1 atom stereocenters. The summed E-state index contributed by atoms with van der Waals surface area (Å²) < 4.78 is 24.2. The molecule has 0 aliphatic carbocycles. The summed E-state index contributed by atoms with van der Waals surface area (Å²) in [5, 5.41) is 5.97. The van der Waals surface area contributed by atoms with Crippen LogP contribution in [0.25, 0.3) is 0 Å². The molecule has 1 aromatic rings. The van der Waals surface area contributed by atoms with E-state index in [2.05, 4.69) is 15.4 Å². The maximum atomic E-state index is 12.2. The van der Waals surface area contributed by atoms with E-state index >= 15 is 0 Å². The summed E-state index contributed by atoms with van der Waals surface area (Å²) in [6, 6.07) is 7.86. The molecule has 1 heterocycles. The monoisotopic (exact) mass is 297 g/mol. The summed E-state index contributed by atoms with van der Waals surface area (Å²) in [5.41, 5.74) is 2.17. The smallest absolute Gasteiger partial charge is 0.228 e. The van der Waals surface area contributed by atoms with Crippen LogP contribution in [0.5, 0.6) is 0 Å². The first-order chi connectivity index (χ1) is 9.47. The summed E-state index contributed by atoms with van der Waals surface area (Å²) in [5.74, 6) is -0.307. The molecule has 0 fully saturated rings. The molecule has 1 amide bonds. The lowest BCUT2D eigenvalue weighted by molar-refractivity contribution is -0.122. The third-order valence-corrected chi connectivity index (χ3v) is 3.93. The van der Waals surface area contributed by atoms with Gasteiger partial charge in [-0.1, -0.05) is 24.3 Å². The largest absolute Gasteiger partial charge is 0.354 e. The van der Waals surface area contributed by atoms with Gasteiger partial charge in [0.2, 0.25) is 15.9 Å². The normalized spacial score (nSPS) is 18.4. The highest BCUT2D eigenvalue weighted by atomic mass is 32.2. The van der Waals surface area contributed by atoms with Gasteiger partial charge in [0.1, 0.15) is 0 Å². The molecule has 0 aromatic heterocycles. The predicted octanol–water partition coefficient (Wildman–Crippen LogP) is -0.461. The van der Waals surface area contributed by atoms with Gasteiger partial charge in [-0.05, 0) is 11.1 Å². The van der Waals surface area contributed by atoms with Crippen LogP contribution < -0.4 is 15.4 Å². The number of nitrogens with one attached hydrogen (secondary N) is 3. The van der Waals surface area contributed by atoms with Crippen LogP contribution >= 0.6 is 0 Å². The van der Waals surface area contributed by atoms with Crippen molar-refractivity contribution in [2.45, 2.75) is 12.5 Å². The zero-order valence-corrected chi connectivity index (χ0v) is 12.2. The lowest BCUT2D eigenvalue weighted by atomic mass is 9.90. The molecule has 3 N–H and O–H groups in total. The SMILES string of the molecule is CS(=O)(=O)NCCNC(=O)C1CNCc2ccccc21. The van der Waals surface area contributed by atoms with Gasteiger partial charge in [-0.3, -0.25) is 4.79 Å². The number of sulfonamides is 1. The van der Waals surface area contributed by atoms with E-state index in [0.717, 1.165) is 23.9 Å². The molecule has 110 valence electrons. The second kappa shape index (κ2) is 6.34. The average Bonchev–Trinajstić information content (AvgIpc) is 2.41. The number of amides is 1. The van der Waals surface area contributed by atoms with E-state index < -0.39 is 10.0 Å². The van der Waals surface area contributed by atoms with Gasteiger partial charge in [-0.15, -0.1) is 0 Å². The number of hydrogen-bond acceptors (Lipinski definition) is 4. The van der Waals surface area contributed by atoms with Gasteiger partial charge in [0, 0.05) is 26.2 Å². The van der Waals surface area contributed by atoms with Crippen molar-refractivity contribution in [3.63, 3.8) is 0 Å². The van der Waals surface area contributed by atoms with Crippen molar-refractivity contribution in [3.05, 3.63) is 35.4 Å². The second-order valence-electron chi connectivity index (χ2n) is 4.84. The van der Waals surface area contributed by atoms with Crippen molar-refractivity contribution in [2.75, 3.05) is 25.9 Å². The fourth-order valence-corrected chi connectivity index (χ4v) is 2.75. The highest BCUT2D eigenvalue weighted by Gasteiger charge is 2.25. The van der Waals surface area contributed by atoms with E-state index in [1.807, 2.05) is 24.3 Å². The maximum absolute atomic E-state index is 12.2. The number of fused-ring (bicyclic) bond motifs is 1. The van der Waals surface area contributed by atoms with Gasteiger partial charge in [0.25, 0.3) is 0 Å². The van der Waals surface area contributed by atoms with Crippen molar-refractivity contribution in [3.8, 4) is 0 Å². The first kappa shape index (κ1) is 15.0. The Labute approximate surface area is 119 Å². The van der Waals surface area contributed by atoms with Crippen molar-refractivity contribution in [1.82, 2.24) is 15.4 Å². The Morgan fingerprint density at radius 1 is 1.35 bits per heavy atom. The second-order valence-corrected chi connectivity index (χ2v) is 6.67. The molecule has 20 heavy (non-hydrogen) atoms. The van der Waals surface area contributed by atoms with E-state index in [4.69, 9.17) is 0 Å². The van der Waals surface area contributed by atoms with Crippen LogP contribution in [0.2, 0.25) is 0 Å². The highest BCUT2D eigenvalue weighted by molar-refractivity contribution is 7.88. The van der Waals surface area contributed by atoms with Crippen molar-refractivity contribution in [2.24, 2.45) is 0 Å². The third-order valence-electron chi connectivity index (χ3n) is 3.20. The zero-order valence-electron chi connectivity index (χ0n) is 11.3. The van der Waals surface area contributed by atoms with Crippen LogP contribution in [0.15, 0.2) is 24.3 Å².